The minimum atomic E-state index is 0.287. The van der Waals surface area contributed by atoms with Crippen LogP contribution in [0, 0.1) is 0 Å². The zero-order valence-electron chi connectivity index (χ0n) is 9.89. The van der Waals surface area contributed by atoms with Gasteiger partial charge in [0.2, 0.25) is 11.9 Å². The molecule has 1 aromatic rings. The highest BCUT2D eigenvalue weighted by atomic mass is 15.5. The Hall–Kier alpha value is -1.34. The Labute approximate surface area is 100 Å². The number of aromatic nitrogens is 3. The van der Waals surface area contributed by atoms with Crippen LogP contribution >= 0.6 is 0 Å². The molecule has 1 aromatic heterocycles. The van der Waals surface area contributed by atoms with Crippen LogP contribution in [-0.4, -0.2) is 54.0 Å². The van der Waals surface area contributed by atoms with E-state index in [4.69, 9.17) is 5.73 Å². The number of hydrogen-bond acceptors (Lipinski definition) is 6. The predicted octanol–water partition coefficient (Wildman–Crippen LogP) is -0.997. The van der Waals surface area contributed by atoms with Gasteiger partial charge in [-0.05, 0) is 6.42 Å². The smallest absolute Gasteiger partial charge is 0.246 e. The first-order valence-corrected chi connectivity index (χ1v) is 6.24. The number of nitrogens with one attached hydrogen (secondary N) is 2. The average Bonchev–Trinajstić information content (AvgIpc) is 2.83. The van der Waals surface area contributed by atoms with Crippen molar-refractivity contribution in [1.29, 1.82) is 0 Å². The van der Waals surface area contributed by atoms with Crippen molar-refractivity contribution in [2.24, 2.45) is 5.73 Å². The number of fused-ring (bicyclic) bond motifs is 1. The third-order valence-electron chi connectivity index (χ3n) is 3.40. The van der Waals surface area contributed by atoms with E-state index in [0.29, 0.717) is 6.54 Å². The highest BCUT2D eigenvalue weighted by Gasteiger charge is 2.24. The molecule has 17 heavy (non-hydrogen) atoms. The van der Waals surface area contributed by atoms with Gasteiger partial charge >= 0.3 is 0 Å². The monoisotopic (exact) mass is 237 g/mol. The molecule has 0 aromatic carbocycles. The van der Waals surface area contributed by atoms with Crippen molar-refractivity contribution >= 4 is 11.9 Å². The molecule has 0 spiro atoms. The van der Waals surface area contributed by atoms with Crippen LogP contribution in [0.1, 0.15) is 12.5 Å². The molecule has 94 valence electrons. The molecule has 2 aliphatic rings. The molecule has 0 aliphatic carbocycles. The van der Waals surface area contributed by atoms with Gasteiger partial charge in [-0.2, -0.15) is 4.98 Å². The standard InChI is InChI=1S/C10H19N7/c11-7-8-1-2-13-9-14-10(15-17(8)9)16-5-3-12-4-6-16/h8,12H,1-7,11H2,(H,13,14,15). The Bertz CT molecular complexity index is 382. The Morgan fingerprint density at radius 3 is 2.88 bits per heavy atom. The largest absolute Gasteiger partial charge is 0.354 e. The van der Waals surface area contributed by atoms with Gasteiger partial charge in [0.05, 0.1) is 6.04 Å². The number of nitrogens with zero attached hydrogens (tertiary/aromatic N) is 4. The molecular formula is C10H19N7. The summed E-state index contributed by atoms with van der Waals surface area (Å²) in [7, 11) is 0. The summed E-state index contributed by atoms with van der Waals surface area (Å²) >= 11 is 0. The number of piperazine rings is 1. The van der Waals surface area contributed by atoms with Crippen molar-refractivity contribution in [3.63, 3.8) is 0 Å². The lowest BCUT2D eigenvalue weighted by atomic mass is 10.2. The van der Waals surface area contributed by atoms with Crippen LogP contribution in [0.15, 0.2) is 0 Å². The predicted molar refractivity (Wildman–Crippen MR) is 66.3 cm³/mol. The fraction of sp³-hybridized carbons (Fsp3) is 0.800. The van der Waals surface area contributed by atoms with Crippen LogP contribution in [0.3, 0.4) is 0 Å². The molecule has 2 aliphatic heterocycles. The molecular weight excluding hydrogens is 218 g/mol. The maximum absolute atomic E-state index is 5.77. The van der Waals surface area contributed by atoms with Gasteiger partial charge in [0.25, 0.3) is 0 Å². The van der Waals surface area contributed by atoms with E-state index >= 15 is 0 Å². The lowest BCUT2D eigenvalue weighted by molar-refractivity contribution is 0.425. The molecule has 0 bridgehead atoms. The van der Waals surface area contributed by atoms with Gasteiger partial charge in [0.15, 0.2) is 0 Å². The molecule has 7 nitrogen and oxygen atoms in total. The Morgan fingerprint density at radius 1 is 1.29 bits per heavy atom. The fourth-order valence-electron chi connectivity index (χ4n) is 2.38. The van der Waals surface area contributed by atoms with Crippen LogP contribution in [0.25, 0.3) is 0 Å². The highest BCUT2D eigenvalue weighted by Crippen LogP contribution is 2.23. The van der Waals surface area contributed by atoms with E-state index in [1.807, 2.05) is 4.68 Å². The number of anilines is 2. The van der Waals surface area contributed by atoms with Crippen molar-refractivity contribution in [3.8, 4) is 0 Å². The summed E-state index contributed by atoms with van der Waals surface area (Å²) in [5, 5.41) is 11.2. The van der Waals surface area contributed by atoms with Gasteiger partial charge in [-0.15, -0.1) is 5.10 Å². The van der Waals surface area contributed by atoms with Gasteiger partial charge < -0.3 is 21.3 Å². The SMILES string of the molecule is NCC1CCNc2nc(N3CCNCC3)nn21. The summed E-state index contributed by atoms with van der Waals surface area (Å²) < 4.78 is 1.95. The molecule has 1 unspecified atom stereocenters. The van der Waals surface area contributed by atoms with Gasteiger partial charge in [0, 0.05) is 39.3 Å². The summed E-state index contributed by atoms with van der Waals surface area (Å²) in [6.07, 6.45) is 1.02. The first-order valence-electron chi connectivity index (χ1n) is 6.24. The molecule has 4 N–H and O–H groups in total. The van der Waals surface area contributed by atoms with Crippen LogP contribution in [0.5, 0.6) is 0 Å². The topological polar surface area (TPSA) is 84.0 Å². The van der Waals surface area contributed by atoms with Crippen LogP contribution in [0.4, 0.5) is 11.9 Å². The first kappa shape index (κ1) is 10.8. The van der Waals surface area contributed by atoms with Crippen molar-refractivity contribution in [1.82, 2.24) is 20.1 Å². The summed E-state index contributed by atoms with van der Waals surface area (Å²) in [5.41, 5.74) is 5.77. The molecule has 1 fully saturated rings. The van der Waals surface area contributed by atoms with Crippen LogP contribution in [-0.2, 0) is 0 Å². The van der Waals surface area contributed by atoms with Crippen molar-refractivity contribution in [3.05, 3.63) is 0 Å². The fourth-order valence-corrected chi connectivity index (χ4v) is 2.38. The highest BCUT2D eigenvalue weighted by molar-refractivity contribution is 5.39. The second kappa shape index (κ2) is 4.50. The van der Waals surface area contributed by atoms with Crippen molar-refractivity contribution < 1.29 is 0 Å². The molecule has 0 radical (unpaired) electrons. The summed E-state index contributed by atoms with van der Waals surface area (Å²) in [5.74, 6) is 1.69. The lowest BCUT2D eigenvalue weighted by Gasteiger charge is -2.26. The van der Waals surface area contributed by atoms with Gasteiger partial charge in [-0.1, -0.05) is 0 Å². The maximum Gasteiger partial charge on any atom is 0.246 e. The Morgan fingerprint density at radius 2 is 2.12 bits per heavy atom. The minimum absolute atomic E-state index is 0.287. The summed E-state index contributed by atoms with van der Waals surface area (Å²) in [4.78, 5) is 6.78. The van der Waals surface area contributed by atoms with Gasteiger partial charge in [0.1, 0.15) is 0 Å². The second-order valence-corrected chi connectivity index (χ2v) is 4.52. The van der Waals surface area contributed by atoms with E-state index < -0.39 is 0 Å². The van der Waals surface area contributed by atoms with E-state index in [1.165, 1.54) is 0 Å². The number of hydrogen-bond donors (Lipinski definition) is 3. The first-order chi connectivity index (χ1) is 8.38. The minimum Gasteiger partial charge on any atom is -0.354 e. The second-order valence-electron chi connectivity index (χ2n) is 4.52. The van der Waals surface area contributed by atoms with Gasteiger partial charge in [-0.25, -0.2) is 4.68 Å². The maximum atomic E-state index is 5.77. The molecule has 3 heterocycles. The Kier molecular flexibility index (Phi) is 2.86. The lowest BCUT2D eigenvalue weighted by Crippen LogP contribution is -2.44. The van der Waals surface area contributed by atoms with Crippen molar-refractivity contribution in [2.75, 3.05) is 49.5 Å². The molecule has 0 amide bonds. The Balaban J connectivity index is 1.84. The molecule has 3 rings (SSSR count). The number of rotatable bonds is 2. The van der Waals surface area contributed by atoms with E-state index in [9.17, 15) is 0 Å². The molecule has 1 atom stereocenters. The normalized spacial score (nSPS) is 24.3. The zero-order chi connectivity index (χ0) is 11.7. The molecule has 7 heteroatoms. The average molecular weight is 237 g/mol. The van der Waals surface area contributed by atoms with E-state index in [0.717, 1.165) is 51.0 Å². The summed E-state index contributed by atoms with van der Waals surface area (Å²) in [6, 6.07) is 0.287. The molecule has 0 saturated carbocycles. The summed E-state index contributed by atoms with van der Waals surface area (Å²) in [6.45, 7) is 5.49. The molecule has 1 saturated heterocycles. The number of nitrogens with two attached hydrogens (primary N) is 1. The van der Waals surface area contributed by atoms with E-state index in [2.05, 4.69) is 25.6 Å². The quantitative estimate of drug-likeness (QED) is 0.612. The van der Waals surface area contributed by atoms with Crippen LogP contribution < -0.4 is 21.3 Å². The van der Waals surface area contributed by atoms with Crippen molar-refractivity contribution in [2.45, 2.75) is 12.5 Å². The van der Waals surface area contributed by atoms with Gasteiger partial charge in [-0.3, -0.25) is 0 Å². The van der Waals surface area contributed by atoms with Crippen LogP contribution in [0.2, 0.25) is 0 Å². The third-order valence-corrected chi connectivity index (χ3v) is 3.40. The van der Waals surface area contributed by atoms with E-state index in [1.54, 1.807) is 0 Å². The van der Waals surface area contributed by atoms with E-state index in [-0.39, 0.29) is 6.04 Å². The third kappa shape index (κ3) is 1.96. The zero-order valence-corrected chi connectivity index (χ0v) is 9.89.